The zero-order valence-corrected chi connectivity index (χ0v) is 29.4. The number of hydrogen-bond donors (Lipinski definition) is 2. The van der Waals surface area contributed by atoms with Crippen LogP contribution in [0.1, 0.15) is 88.1 Å². The smallest absolute Gasteiger partial charge is 0.320 e. The quantitative estimate of drug-likeness (QED) is 0.201. The van der Waals surface area contributed by atoms with E-state index in [9.17, 15) is 4.79 Å². The van der Waals surface area contributed by atoms with Crippen molar-refractivity contribution in [2.24, 2.45) is 0 Å². The maximum Gasteiger partial charge on any atom is 0.320 e. The van der Waals surface area contributed by atoms with E-state index < -0.39 is 5.60 Å². The van der Waals surface area contributed by atoms with Gasteiger partial charge in [-0.3, -0.25) is 14.6 Å². The molecule has 0 unspecified atom stereocenters. The summed E-state index contributed by atoms with van der Waals surface area (Å²) in [5.41, 5.74) is 2.74. The second kappa shape index (κ2) is 14.8. The Bertz CT molecular complexity index is 1750. The average Bonchev–Trinajstić information content (AvgIpc) is 3.52. The van der Waals surface area contributed by atoms with E-state index in [1.807, 2.05) is 60.8 Å². The van der Waals surface area contributed by atoms with Crippen molar-refractivity contribution in [3.63, 3.8) is 0 Å². The summed E-state index contributed by atoms with van der Waals surface area (Å²) in [4.78, 5) is 25.1. The van der Waals surface area contributed by atoms with E-state index in [-0.39, 0.29) is 30.2 Å². The van der Waals surface area contributed by atoms with Gasteiger partial charge in [-0.15, -0.1) is 10.2 Å². The van der Waals surface area contributed by atoms with Gasteiger partial charge in [0, 0.05) is 38.2 Å². The lowest BCUT2D eigenvalue weighted by Gasteiger charge is -2.32. The Morgan fingerprint density at radius 2 is 1.78 bits per heavy atom. The van der Waals surface area contributed by atoms with Gasteiger partial charge in [-0.1, -0.05) is 45.0 Å². The van der Waals surface area contributed by atoms with Gasteiger partial charge in [-0.2, -0.15) is 0 Å². The summed E-state index contributed by atoms with van der Waals surface area (Å²) in [5.74, 6) is 2.37. The van der Waals surface area contributed by atoms with E-state index in [0.29, 0.717) is 48.3 Å². The maximum absolute atomic E-state index is 13.4. The Morgan fingerprint density at radius 3 is 2.53 bits per heavy atom. The fourth-order valence-corrected chi connectivity index (χ4v) is 6.13. The molecule has 13 nitrogen and oxygen atoms in total. The van der Waals surface area contributed by atoms with Crippen molar-refractivity contribution >= 4 is 17.5 Å². The van der Waals surface area contributed by atoms with E-state index in [4.69, 9.17) is 23.9 Å². The molecule has 1 aliphatic carbocycles. The van der Waals surface area contributed by atoms with Crippen LogP contribution < -0.4 is 15.4 Å². The molecule has 4 aromatic rings. The highest BCUT2D eigenvalue weighted by molar-refractivity contribution is 5.88. The second-order valence-corrected chi connectivity index (χ2v) is 14.1. The fraction of sp³-hybridized carbons (Fsp3) is 0.528. The summed E-state index contributed by atoms with van der Waals surface area (Å²) in [6.07, 6.45) is 3.13. The van der Waals surface area contributed by atoms with Crippen LogP contribution in [0, 0.1) is 0 Å². The van der Waals surface area contributed by atoms with Gasteiger partial charge in [-0.25, -0.2) is 14.8 Å². The molecule has 1 saturated heterocycles. The molecule has 262 valence electrons. The first kappa shape index (κ1) is 34.7. The molecule has 3 aromatic heterocycles. The number of anilines is 1. The Morgan fingerprint density at radius 1 is 1.00 bits per heavy atom. The first-order chi connectivity index (χ1) is 23.5. The van der Waals surface area contributed by atoms with Crippen molar-refractivity contribution < 1.29 is 23.7 Å². The number of fused-ring (bicyclic) bond motifs is 2. The molecule has 2 atom stereocenters. The third-order valence-corrected chi connectivity index (χ3v) is 9.11. The molecule has 13 heteroatoms. The molecule has 2 N–H and O–H groups in total. The summed E-state index contributed by atoms with van der Waals surface area (Å²) in [7, 11) is 1.66. The normalized spacial score (nSPS) is 18.7. The number of ether oxygens (including phenoxy) is 4. The highest BCUT2D eigenvalue weighted by atomic mass is 16.5. The monoisotopic (exact) mass is 672 g/mol. The van der Waals surface area contributed by atoms with Gasteiger partial charge in [0.25, 0.3) is 0 Å². The molecule has 4 heterocycles. The van der Waals surface area contributed by atoms with Crippen LogP contribution in [0.15, 0.2) is 48.7 Å². The number of methoxy groups -OCH3 is 1. The molecule has 0 bridgehead atoms. The molecule has 1 aliphatic heterocycles. The Hall–Kier alpha value is -4.17. The van der Waals surface area contributed by atoms with Gasteiger partial charge in [0.2, 0.25) is 0 Å². The van der Waals surface area contributed by atoms with Crippen molar-refractivity contribution in [1.82, 2.24) is 34.8 Å². The number of carbonyl (C=O) groups excluding carboxylic acids is 1. The lowest BCUT2D eigenvalue weighted by Crippen LogP contribution is -2.38. The van der Waals surface area contributed by atoms with Crippen LogP contribution in [0.2, 0.25) is 0 Å². The molecule has 0 radical (unpaired) electrons. The van der Waals surface area contributed by atoms with Crippen molar-refractivity contribution in [2.75, 3.05) is 51.9 Å². The fourth-order valence-electron chi connectivity index (χ4n) is 6.13. The van der Waals surface area contributed by atoms with Crippen LogP contribution in [0.25, 0.3) is 5.65 Å². The summed E-state index contributed by atoms with van der Waals surface area (Å²) in [5, 5.41) is 14.8. The number of nitrogens with zero attached hydrogens (tertiary/aromatic N) is 6. The number of rotatable bonds is 11. The minimum Gasteiger partial charge on any atom is -0.484 e. The molecule has 0 spiro atoms. The van der Waals surface area contributed by atoms with E-state index in [0.717, 1.165) is 49.7 Å². The van der Waals surface area contributed by atoms with E-state index in [2.05, 4.69) is 57.6 Å². The molecular formula is C36H48N8O5. The first-order valence-corrected chi connectivity index (χ1v) is 17.0. The highest BCUT2D eigenvalue weighted by Crippen LogP contribution is 2.39. The van der Waals surface area contributed by atoms with Gasteiger partial charge in [0.15, 0.2) is 17.3 Å². The van der Waals surface area contributed by atoms with Crippen molar-refractivity contribution in [3.8, 4) is 5.75 Å². The van der Waals surface area contributed by atoms with Crippen molar-refractivity contribution in [1.29, 1.82) is 0 Å². The van der Waals surface area contributed by atoms with Gasteiger partial charge < -0.3 is 24.3 Å². The molecule has 2 aliphatic rings. The summed E-state index contributed by atoms with van der Waals surface area (Å²) in [6.45, 7) is 15.2. The summed E-state index contributed by atoms with van der Waals surface area (Å²) >= 11 is 0. The van der Waals surface area contributed by atoms with Gasteiger partial charge in [0.05, 0.1) is 37.8 Å². The number of hydrogen-bond acceptors (Lipinski definition) is 10. The Balaban J connectivity index is 1.12. The van der Waals surface area contributed by atoms with Crippen LogP contribution in [0.3, 0.4) is 0 Å². The number of carbonyl (C=O) groups is 1. The SMILES string of the molecule is COC(C)(C)c1nnc2ccc(O[C@@H]3CC[C@H](NC(=O)Nc4cc(C(C)(C)C)nc(COCCN5CCOCC5)n4)c4ccccc43)cn12. The van der Waals surface area contributed by atoms with Crippen LogP contribution >= 0.6 is 0 Å². The van der Waals surface area contributed by atoms with E-state index in [1.54, 1.807) is 7.11 Å². The standard InChI is InChI=1S/C36H48N8O5/c1-35(2,3)29-21-30(39-31(38-29)23-48-20-17-43-15-18-47-19-16-43)40-34(45)37-27-12-13-28(26-10-8-7-9-25(26)27)49-24-11-14-32-41-42-33(44(32)22-24)36(4,5)46-6/h7-11,14,21-22,27-28H,12-13,15-20,23H2,1-6H3,(H2,37,38,39,40,45)/t27-,28+/m0/s1. The lowest BCUT2D eigenvalue weighted by molar-refractivity contribution is 0.0106. The predicted molar refractivity (Wildman–Crippen MR) is 185 cm³/mol. The largest absolute Gasteiger partial charge is 0.484 e. The maximum atomic E-state index is 13.4. The average molecular weight is 673 g/mol. The van der Waals surface area contributed by atoms with Crippen LogP contribution in [-0.4, -0.2) is 82.1 Å². The number of benzene rings is 1. The first-order valence-electron chi connectivity index (χ1n) is 17.0. The zero-order chi connectivity index (χ0) is 34.6. The van der Waals surface area contributed by atoms with E-state index in [1.165, 1.54) is 0 Å². The molecule has 0 saturated carbocycles. The van der Waals surface area contributed by atoms with Gasteiger partial charge in [0.1, 0.15) is 29.9 Å². The molecule has 1 aromatic carbocycles. The van der Waals surface area contributed by atoms with Gasteiger partial charge >= 0.3 is 6.03 Å². The zero-order valence-electron chi connectivity index (χ0n) is 29.4. The number of amides is 2. The highest BCUT2D eigenvalue weighted by Gasteiger charge is 2.31. The minimum atomic E-state index is -0.618. The van der Waals surface area contributed by atoms with E-state index >= 15 is 0 Å². The Labute approximate surface area is 287 Å². The number of nitrogens with one attached hydrogen (secondary N) is 2. The van der Waals surface area contributed by atoms with Crippen LogP contribution in [0.5, 0.6) is 5.75 Å². The van der Waals surface area contributed by atoms with Crippen molar-refractivity contribution in [2.45, 2.75) is 77.2 Å². The topological polar surface area (TPSA) is 137 Å². The second-order valence-electron chi connectivity index (χ2n) is 14.1. The summed E-state index contributed by atoms with van der Waals surface area (Å²) < 4.78 is 25.5. The molecular weight excluding hydrogens is 624 g/mol. The number of pyridine rings is 1. The Kier molecular flexibility index (Phi) is 10.4. The third kappa shape index (κ3) is 8.35. The number of morpholine rings is 1. The molecule has 6 rings (SSSR count). The lowest BCUT2D eigenvalue weighted by atomic mass is 9.85. The van der Waals surface area contributed by atoms with Gasteiger partial charge in [-0.05, 0) is 49.9 Å². The number of urea groups is 1. The summed E-state index contributed by atoms with van der Waals surface area (Å²) in [6, 6.07) is 13.2. The van der Waals surface area contributed by atoms with Crippen LogP contribution in [-0.2, 0) is 31.8 Å². The van der Waals surface area contributed by atoms with Crippen molar-refractivity contribution in [3.05, 3.63) is 77.1 Å². The molecule has 2 amide bonds. The number of aromatic nitrogens is 5. The molecule has 49 heavy (non-hydrogen) atoms. The third-order valence-electron chi connectivity index (χ3n) is 9.11. The predicted octanol–water partition coefficient (Wildman–Crippen LogP) is 5.32. The molecule has 1 fully saturated rings. The minimum absolute atomic E-state index is 0.188. The van der Waals surface area contributed by atoms with Crippen LogP contribution in [0.4, 0.5) is 10.6 Å².